The molecular weight excluding hydrogens is 326 g/mol. The van der Waals surface area contributed by atoms with Crippen LogP contribution >= 0.6 is 0 Å². The van der Waals surface area contributed by atoms with E-state index in [1.54, 1.807) is 31.2 Å². The number of para-hydroxylation sites is 1. The maximum Gasteiger partial charge on any atom is 0.265 e. The molecule has 138 valence electrons. The van der Waals surface area contributed by atoms with E-state index in [0.717, 1.165) is 17.7 Å². The molecule has 0 spiro atoms. The van der Waals surface area contributed by atoms with Gasteiger partial charge in [0.05, 0.1) is 0 Å². The maximum atomic E-state index is 12.5. The molecule has 2 aromatic carbocycles. The van der Waals surface area contributed by atoms with Crippen LogP contribution in [0.5, 0.6) is 5.75 Å². The Hall–Kier alpha value is -2.62. The Morgan fingerprint density at radius 1 is 1.00 bits per heavy atom. The van der Waals surface area contributed by atoms with Crippen LogP contribution in [0.25, 0.3) is 0 Å². The average Bonchev–Trinajstić information content (AvgIpc) is 2.67. The zero-order chi connectivity index (χ0) is 19.1. The summed E-state index contributed by atoms with van der Waals surface area (Å²) in [6, 6.07) is 14.7. The van der Waals surface area contributed by atoms with Crippen molar-refractivity contribution in [2.75, 3.05) is 5.32 Å². The van der Waals surface area contributed by atoms with Crippen molar-refractivity contribution in [2.24, 2.45) is 0 Å². The van der Waals surface area contributed by atoms with Gasteiger partial charge in [-0.3, -0.25) is 9.59 Å². The molecular formula is C22H27NO3. The minimum absolute atomic E-state index is 0.0870. The second-order valence-electron chi connectivity index (χ2n) is 6.45. The van der Waals surface area contributed by atoms with Gasteiger partial charge >= 0.3 is 0 Å². The fraction of sp³-hybridized carbons (Fsp3) is 0.364. The van der Waals surface area contributed by atoms with Gasteiger partial charge in [0.25, 0.3) is 5.91 Å². The first-order valence-electron chi connectivity index (χ1n) is 9.15. The molecule has 0 unspecified atom stereocenters. The lowest BCUT2D eigenvalue weighted by Crippen LogP contribution is -2.30. The zero-order valence-electron chi connectivity index (χ0n) is 15.9. The summed E-state index contributed by atoms with van der Waals surface area (Å²) < 4.78 is 5.72. The summed E-state index contributed by atoms with van der Waals surface area (Å²) in [5, 5.41) is 2.97. The lowest BCUT2D eigenvalue weighted by atomic mass is 9.97. The second kappa shape index (κ2) is 9.18. The van der Waals surface area contributed by atoms with E-state index in [1.165, 1.54) is 0 Å². The van der Waals surface area contributed by atoms with Crippen molar-refractivity contribution in [1.82, 2.24) is 0 Å². The topological polar surface area (TPSA) is 55.4 Å². The van der Waals surface area contributed by atoms with Gasteiger partial charge in [-0.25, -0.2) is 0 Å². The Balaban J connectivity index is 2.03. The first-order valence-corrected chi connectivity index (χ1v) is 9.15. The van der Waals surface area contributed by atoms with Gasteiger partial charge in [0.2, 0.25) is 0 Å². The molecule has 0 aromatic heterocycles. The summed E-state index contributed by atoms with van der Waals surface area (Å²) in [4.78, 5) is 24.2. The van der Waals surface area contributed by atoms with Gasteiger partial charge in [-0.1, -0.05) is 39.0 Å². The number of Topliss-reactive ketones (excluding diaryl/α,β-unsaturated/α-hetero) is 1. The van der Waals surface area contributed by atoms with Gasteiger partial charge in [-0.05, 0) is 55.2 Å². The molecule has 0 aliphatic carbocycles. The molecule has 0 aliphatic heterocycles. The predicted molar refractivity (Wildman–Crippen MR) is 105 cm³/mol. The highest BCUT2D eigenvalue weighted by Crippen LogP contribution is 2.26. The lowest BCUT2D eigenvalue weighted by molar-refractivity contribution is -0.122. The van der Waals surface area contributed by atoms with E-state index in [2.05, 4.69) is 19.2 Å². The Kier molecular flexibility index (Phi) is 6.96. The van der Waals surface area contributed by atoms with Crippen molar-refractivity contribution < 1.29 is 14.3 Å². The van der Waals surface area contributed by atoms with Crippen LogP contribution in [0.2, 0.25) is 0 Å². The predicted octanol–water partition coefficient (Wildman–Crippen LogP) is 5.20. The number of carbonyl (C=O) groups is 2. The van der Waals surface area contributed by atoms with Gasteiger partial charge in [0.15, 0.2) is 11.9 Å². The minimum atomic E-state index is -0.646. The maximum absolute atomic E-state index is 12.5. The Labute approximate surface area is 155 Å². The van der Waals surface area contributed by atoms with Crippen molar-refractivity contribution in [3.8, 4) is 5.75 Å². The van der Waals surface area contributed by atoms with Gasteiger partial charge in [0.1, 0.15) is 5.75 Å². The van der Waals surface area contributed by atoms with Gasteiger partial charge in [-0.15, -0.1) is 0 Å². The van der Waals surface area contributed by atoms with Crippen LogP contribution in [0.3, 0.4) is 0 Å². The fourth-order valence-electron chi connectivity index (χ4n) is 2.68. The first kappa shape index (κ1) is 19.7. The second-order valence-corrected chi connectivity index (χ2v) is 6.45. The van der Waals surface area contributed by atoms with E-state index >= 15 is 0 Å². The number of hydrogen-bond donors (Lipinski definition) is 1. The van der Waals surface area contributed by atoms with Crippen LogP contribution in [-0.4, -0.2) is 17.8 Å². The SMILES string of the molecule is CCC(=O)c1ccc(O[C@@H](C)C(=O)Nc2ccccc2[C@H](C)CC)cc1. The van der Waals surface area contributed by atoms with Crippen LogP contribution in [0, 0.1) is 0 Å². The normalized spacial score (nSPS) is 12.9. The molecule has 0 saturated heterocycles. The first-order chi connectivity index (χ1) is 12.5. The highest BCUT2D eigenvalue weighted by atomic mass is 16.5. The summed E-state index contributed by atoms with van der Waals surface area (Å²) >= 11 is 0. The third-order valence-corrected chi connectivity index (χ3v) is 4.54. The highest BCUT2D eigenvalue weighted by Gasteiger charge is 2.17. The Morgan fingerprint density at radius 2 is 1.65 bits per heavy atom. The van der Waals surface area contributed by atoms with Crippen molar-refractivity contribution in [3.63, 3.8) is 0 Å². The molecule has 2 atom stereocenters. The summed E-state index contributed by atoms with van der Waals surface area (Å²) in [5.74, 6) is 0.820. The summed E-state index contributed by atoms with van der Waals surface area (Å²) in [6.45, 7) is 7.81. The van der Waals surface area contributed by atoms with E-state index in [0.29, 0.717) is 23.7 Å². The Morgan fingerprint density at radius 3 is 2.27 bits per heavy atom. The molecule has 0 saturated carbocycles. The number of benzene rings is 2. The lowest BCUT2D eigenvalue weighted by Gasteiger charge is -2.18. The molecule has 4 nitrogen and oxygen atoms in total. The van der Waals surface area contributed by atoms with Crippen molar-refractivity contribution in [2.45, 2.75) is 52.6 Å². The van der Waals surface area contributed by atoms with Gasteiger partial charge in [-0.2, -0.15) is 0 Å². The molecule has 4 heteroatoms. The highest BCUT2D eigenvalue weighted by molar-refractivity contribution is 5.96. The largest absolute Gasteiger partial charge is 0.481 e. The number of carbonyl (C=O) groups excluding carboxylic acids is 2. The monoisotopic (exact) mass is 353 g/mol. The standard InChI is InChI=1S/C22H27NO3/c1-5-15(3)19-9-7-8-10-20(19)23-22(25)16(4)26-18-13-11-17(12-14-18)21(24)6-2/h7-16H,5-6H2,1-4H3,(H,23,25)/t15-,16+/m1/s1. The van der Waals surface area contributed by atoms with E-state index in [-0.39, 0.29) is 11.7 Å². The van der Waals surface area contributed by atoms with Crippen LogP contribution in [-0.2, 0) is 4.79 Å². The molecule has 26 heavy (non-hydrogen) atoms. The number of rotatable bonds is 8. The fourth-order valence-corrected chi connectivity index (χ4v) is 2.68. The zero-order valence-corrected chi connectivity index (χ0v) is 15.9. The molecule has 0 radical (unpaired) electrons. The third-order valence-electron chi connectivity index (χ3n) is 4.54. The smallest absolute Gasteiger partial charge is 0.265 e. The number of ether oxygens (including phenoxy) is 1. The molecule has 0 bridgehead atoms. The third kappa shape index (κ3) is 4.94. The van der Waals surface area contributed by atoms with Crippen molar-refractivity contribution >= 4 is 17.4 Å². The average molecular weight is 353 g/mol. The van der Waals surface area contributed by atoms with E-state index in [1.807, 2.05) is 31.2 Å². The number of amides is 1. The summed E-state index contributed by atoms with van der Waals surface area (Å²) in [6.07, 6.45) is 0.823. The molecule has 1 amide bonds. The molecule has 0 aliphatic rings. The van der Waals surface area contributed by atoms with Crippen LogP contribution in [0.15, 0.2) is 48.5 Å². The molecule has 2 rings (SSSR count). The van der Waals surface area contributed by atoms with Crippen LogP contribution in [0.1, 0.15) is 62.4 Å². The van der Waals surface area contributed by atoms with E-state index in [9.17, 15) is 9.59 Å². The van der Waals surface area contributed by atoms with E-state index in [4.69, 9.17) is 4.74 Å². The van der Waals surface area contributed by atoms with E-state index < -0.39 is 6.10 Å². The molecule has 0 heterocycles. The molecule has 1 N–H and O–H groups in total. The van der Waals surface area contributed by atoms with Crippen LogP contribution < -0.4 is 10.1 Å². The number of nitrogens with one attached hydrogen (secondary N) is 1. The van der Waals surface area contributed by atoms with Crippen molar-refractivity contribution in [1.29, 1.82) is 0 Å². The molecule has 0 fully saturated rings. The minimum Gasteiger partial charge on any atom is -0.481 e. The number of ketones is 1. The number of anilines is 1. The van der Waals surface area contributed by atoms with Gasteiger partial charge in [0, 0.05) is 17.7 Å². The molecule has 2 aromatic rings. The number of hydrogen-bond acceptors (Lipinski definition) is 3. The van der Waals surface area contributed by atoms with Crippen LogP contribution in [0.4, 0.5) is 5.69 Å². The quantitative estimate of drug-likeness (QED) is 0.664. The Bertz CT molecular complexity index is 752. The summed E-state index contributed by atoms with van der Waals surface area (Å²) in [5.41, 5.74) is 2.60. The van der Waals surface area contributed by atoms with Gasteiger partial charge < -0.3 is 10.1 Å². The van der Waals surface area contributed by atoms with Crippen molar-refractivity contribution in [3.05, 3.63) is 59.7 Å². The summed E-state index contributed by atoms with van der Waals surface area (Å²) in [7, 11) is 0.